The predicted octanol–water partition coefficient (Wildman–Crippen LogP) is 2.10. The molecule has 0 saturated carbocycles. The van der Waals surface area contributed by atoms with Crippen molar-refractivity contribution < 1.29 is 9.53 Å². The molecule has 2 rings (SSSR count). The van der Waals surface area contributed by atoms with Gasteiger partial charge < -0.3 is 14.7 Å². The second-order valence-corrected chi connectivity index (χ2v) is 4.42. The summed E-state index contributed by atoms with van der Waals surface area (Å²) < 4.78 is 5.63. The van der Waals surface area contributed by atoms with Gasteiger partial charge in [0.05, 0.1) is 12.2 Å². The zero-order valence-electron chi connectivity index (χ0n) is 9.39. The van der Waals surface area contributed by atoms with Crippen molar-refractivity contribution in [2.24, 2.45) is 0 Å². The Morgan fingerprint density at radius 1 is 1.53 bits per heavy atom. The summed E-state index contributed by atoms with van der Waals surface area (Å²) in [6.07, 6.45) is 1.51. The highest BCUT2D eigenvalue weighted by molar-refractivity contribution is 9.10. The molecule has 0 saturated heterocycles. The number of pyridine rings is 1. The van der Waals surface area contributed by atoms with Crippen molar-refractivity contribution in [3.05, 3.63) is 32.3 Å². The fourth-order valence-electron chi connectivity index (χ4n) is 1.77. The number of H-pyrrole nitrogens is 2. The molecule has 0 radical (unpaired) electrons. The number of esters is 1. The van der Waals surface area contributed by atoms with E-state index in [1.54, 1.807) is 13.8 Å². The number of hydrogen-bond donors (Lipinski definition) is 2. The zero-order chi connectivity index (χ0) is 12.6. The van der Waals surface area contributed by atoms with Gasteiger partial charge in [-0.05, 0) is 29.8 Å². The van der Waals surface area contributed by atoms with Crippen LogP contribution in [0.15, 0.2) is 15.5 Å². The average Bonchev–Trinajstić information content (AvgIpc) is 2.63. The molecule has 0 aliphatic rings. The Balaban J connectivity index is 2.79. The molecule has 0 aliphatic heterocycles. The molecule has 5 nitrogen and oxygen atoms in total. The third-order valence-electron chi connectivity index (χ3n) is 2.46. The van der Waals surface area contributed by atoms with Gasteiger partial charge in [-0.15, -0.1) is 0 Å². The molecule has 6 heteroatoms. The number of halogens is 1. The Morgan fingerprint density at radius 2 is 2.24 bits per heavy atom. The summed E-state index contributed by atoms with van der Waals surface area (Å²) in [7, 11) is 0. The van der Waals surface area contributed by atoms with E-state index in [1.807, 2.05) is 0 Å². The van der Waals surface area contributed by atoms with Crippen LogP contribution in [0.4, 0.5) is 0 Å². The van der Waals surface area contributed by atoms with Gasteiger partial charge in [-0.1, -0.05) is 0 Å². The lowest BCUT2D eigenvalue weighted by Gasteiger charge is -2.02. The summed E-state index contributed by atoms with van der Waals surface area (Å²) >= 11 is 3.32. The van der Waals surface area contributed by atoms with E-state index in [9.17, 15) is 9.59 Å². The van der Waals surface area contributed by atoms with Gasteiger partial charge in [-0.3, -0.25) is 4.79 Å². The van der Waals surface area contributed by atoms with E-state index in [1.165, 1.54) is 6.20 Å². The van der Waals surface area contributed by atoms with Crippen molar-refractivity contribution in [3.8, 4) is 0 Å². The van der Waals surface area contributed by atoms with Crippen molar-refractivity contribution in [2.45, 2.75) is 13.8 Å². The van der Waals surface area contributed by atoms with Crippen LogP contribution in [0.1, 0.15) is 23.0 Å². The maximum Gasteiger partial charge on any atom is 0.340 e. The number of ether oxygens (including phenoxy) is 1. The van der Waals surface area contributed by atoms with Crippen molar-refractivity contribution in [1.29, 1.82) is 0 Å². The van der Waals surface area contributed by atoms with E-state index in [4.69, 9.17) is 4.74 Å². The van der Waals surface area contributed by atoms with Gasteiger partial charge in [-0.25, -0.2) is 4.79 Å². The van der Waals surface area contributed by atoms with Crippen LogP contribution in [0.2, 0.25) is 0 Å². The molecule has 17 heavy (non-hydrogen) atoms. The highest BCUT2D eigenvalue weighted by atomic mass is 79.9. The Morgan fingerprint density at radius 3 is 2.88 bits per heavy atom. The van der Waals surface area contributed by atoms with Gasteiger partial charge in [0.15, 0.2) is 0 Å². The molecular formula is C11H11BrN2O3. The summed E-state index contributed by atoms with van der Waals surface area (Å²) in [4.78, 5) is 28.9. The maximum absolute atomic E-state index is 11.8. The van der Waals surface area contributed by atoms with Crippen LogP contribution < -0.4 is 5.56 Å². The number of hydrogen-bond acceptors (Lipinski definition) is 3. The average molecular weight is 299 g/mol. The standard InChI is InChI=1S/C11H11BrN2O3/c1-3-17-11(16)7-5(2)14-9-8(7)6(12)4-13-10(9)15/h4,14H,3H2,1-2H3,(H,13,15). The van der Waals surface area contributed by atoms with Crippen LogP contribution in [0.25, 0.3) is 10.9 Å². The first-order valence-corrected chi connectivity index (χ1v) is 5.92. The molecular weight excluding hydrogens is 288 g/mol. The first-order valence-electron chi connectivity index (χ1n) is 5.12. The smallest absolute Gasteiger partial charge is 0.340 e. The molecule has 0 unspecified atom stereocenters. The number of aromatic amines is 2. The molecule has 2 heterocycles. The van der Waals surface area contributed by atoms with E-state index in [-0.39, 0.29) is 5.56 Å². The number of aromatic nitrogens is 2. The normalized spacial score (nSPS) is 10.8. The summed E-state index contributed by atoms with van der Waals surface area (Å²) in [6, 6.07) is 0. The Hall–Kier alpha value is -1.56. The largest absolute Gasteiger partial charge is 0.462 e. The summed E-state index contributed by atoms with van der Waals surface area (Å²) in [5.74, 6) is -0.428. The summed E-state index contributed by atoms with van der Waals surface area (Å²) in [5.41, 5.74) is 1.14. The lowest BCUT2D eigenvalue weighted by Crippen LogP contribution is -2.07. The van der Waals surface area contributed by atoms with E-state index in [0.29, 0.717) is 33.2 Å². The van der Waals surface area contributed by atoms with Crippen LogP contribution in [-0.2, 0) is 4.74 Å². The molecule has 0 spiro atoms. The third-order valence-corrected chi connectivity index (χ3v) is 3.09. The first kappa shape index (κ1) is 11.9. The molecule has 2 N–H and O–H groups in total. The fourth-order valence-corrected chi connectivity index (χ4v) is 2.28. The second-order valence-electron chi connectivity index (χ2n) is 3.56. The predicted molar refractivity (Wildman–Crippen MR) is 67.3 cm³/mol. The van der Waals surface area contributed by atoms with Crippen LogP contribution in [0, 0.1) is 6.92 Å². The molecule has 0 fully saturated rings. The van der Waals surface area contributed by atoms with Gasteiger partial charge in [0, 0.05) is 21.7 Å². The molecule has 0 bridgehead atoms. The van der Waals surface area contributed by atoms with Crippen molar-refractivity contribution in [3.63, 3.8) is 0 Å². The van der Waals surface area contributed by atoms with Crippen LogP contribution in [-0.4, -0.2) is 22.5 Å². The molecule has 0 amide bonds. The fraction of sp³-hybridized carbons (Fsp3) is 0.273. The van der Waals surface area contributed by atoms with E-state index in [0.717, 1.165) is 0 Å². The van der Waals surface area contributed by atoms with Crippen LogP contribution in [0.5, 0.6) is 0 Å². The third kappa shape index (κ3) is 1.88. The molecule has 2 aromatic heterocycles. The minimum atomic E-state index is -0.428. The molecule has 0 aromatic carbocycles. The van der Waals surface area contributed by atoms with Crippen LogP contribution >= 0.6 is 15.9 Å². The van der Waals surface area contributed by atoms with Gasteiger partial charge in [-0.2, -0.15) is 0 Å². The molecule has 2 aromatic rings. The number of fused-ring (bicyclic) bond motifs is 1. The Bertz CT molecular complexity index is 642. The summed E-state index contributed by atoms with van der Waals surface area (Å²) in [5, 5.41) is 0.560. The summed E-state index contributed by atoms with van der Waals surface area (Å²) in [6.45, 7) is 3.77. The van der Waals surface area contributed by atoms with Gasteiger partial charge in [0.2, 0.25) is 0 Å². The van der Waals surface area contributed by atoms with E-state index in [2.05, 4.69) is 25.9 Å². The monoisotopic (exact) mass is 298 g/mol. The van der Waals surface area contributed by atoms with Gasteiger partial charge in [0.25, 0.3) is 5.56 Å². The number of carbonyl (C=O) groups excluding carboxylic acids is 1. The highest BCUT2D eigenvalue weighted by Gasteiger charge is 2.20. The van der Waals surface area contributed by atoms with Crippen molar-refractivity contribution >= 4 is 32.8 Å². The van der Waals surface area contributed by atoms with Gasteiger partial charge in [0.1, 0.15) is 5.52 Å². The quantitative estimate of drug-likeness (QED) is 0.834. The maximum atomic E-state index is 11.8. The number of carbonyl (C=O) groups is 1. The van der Waals surface area contributed by atoms with Crippen molar-refractivity contribution in [1.82, 2.24) is 9.97 Å². The Labute approximate surface area is 105 Å². The molecule has 90 valence electrons. The van der Waals surface area contributed by atoms with Crippen molar-refractivity contribution in [2.75, 3.05) is 6.61 Å². The zero-order valence-corrected chi connectivity index (χ0v) is 11.0. The molecule has 0 atom stereocenters. The minimum Gasteiger partial charge on any atom is -0.462 e. The topological polar surface area (TPSA) is 75.0 Å². The SMILES string of the molecule is CCOC(=O)c1c(C)[nH]c2c(=O)[nH]cc(Br)c12. The number of rotatable bonds is 2. The van der Waals surface area contributed by atoms with Gasteiger partial charge >= 0.3 is 5.97 Å². The van der Waals surface area contributed by atoms with Crippen LogP contribution in [0.3, 0.4) is 0 Å². The minimum absolute atomic E-state index is 0.262. The molecule has 0 aliphatic carbocycles. The number of nitrogens with one attached hydrogen (secondary N) is 2. The number of aryl methyl sites for hydroxylation is 1. The lowest BCUT2D eigenvalue weighted by molar-refractivity contribution is 0.0528. The second kappa shape index (κ2) is 4.37. The van der Waals surface area contributed by atoms with E-state index < -0.39 is 5.97 Å². The highest BCUT2D eigenvalue weighted by Crippen LogP contribution is 2.27. The van der Waals surface area contributed by atoms with E-state index >= 15 is 0 Å². The first-order chi connectivity index (χ1) is 8.06. The lowest BCUT2D eigenvalue weighted by atomic mass is 10.1. The Kier molecular flexibility index (Phi) is 3.06.